The highest BCUT2D eigenvalue weighted by Crippen LogP contribution is 2.17. The maximum Gasteiger partial charge on any atom is 0.254 e. The lowest BCUT2D eigenvalue weighted by molar-refractivity contribution is 0.0932. The van der Waals surface area contributed by atoms with E-state index in [1.165, 1.54) is 31.2 Å². The molecule has 1 amide bonds. The number of carbonyl (C=O) groups excluding carboxylic acids is 1. The first-order valence-electron chi connectivity index (χ1n) is 9.10. The summed E-state index contributed by atoms with van der Waals surface area (Å²) < 4.78 is 0. The molecule has 5 nitrogen and oxygen atoms in total. The lowest BCUT2D eigenvalue weighted by atomic mass is 10.1. The number of rotatable bonds is 5. The summed E-state index contributed by atoms with van der Waals surface area (Å²) in [5.74, 6) is 0.555. The average molecular weight is 338 g/mol. The van der Waals surface area contributed by atoms with Crippen LogP contribution in [-0.2, 0) is 6.54 Å². The van der Waals surface area contributed by atoms with E-state index in [0.29, 0.717) is 11.5 Å². The van der Waals surface area contributed by atoms with Gasteiger partial charge in [0.1, 0.15) is 0 Å². The minimum absolute atomic E-state index is 0.0656. The topological polar surface area (TPSA) is 58.1 Å². The third kappa shape index (κ3) is 5.02. The summed E-state index contributed by atoms with van der Waals surface area (Å²) >= 11 is 0. The Balaban J connectivity index is 1.58. The normalized spacial score (nSPS) is 15.4. The van der Waals surface area contributed by atoms with E-state index in [9.17, 15) is 4.79 Å². The number of carbonyl (C=O) groups is 1. The molecule has 0 spiro atoms. The number of anilines is 1. The second-order valence-electron chi connectivity index (χ2n) is 6.78. The maximum absolute atomic E-state index is 12.4. The number of aromatic nitrogens is 2. The monoisotopic (exact) mass is 338 g/mol. The Morgan fingerprint density at radius 1 is 1.08 bits per heavy atom. The Morgan fingerprint density at radius 2 is 1.72 bits per heavy atom. The molecule has 2 aromatic rings. The zero-order chi connectivity index (χ0) is 17.5. The molecule has 1 fully saturated rings. The van der Waals surface area contributed by atoms with Crippen molar-refractivity contribution in [2.24, 2.45) is 0 Å². The molecule has 1 aromatic carbocycles. The summed E-state index contributed by atoms with van der Waals surface area (Å²) in [7, 11) is 1.95. The van der Waals surface area contributed by atoms with E-state index in [0.717, 1.165) is 19.4 Å². The maximum atomic E-state index is 12.4. The predicted molar refractivity (Wildman–Crippen MR) is 99.5 cm³/mol. The number of nitrogens with zero attached hydrogens (tertiary/aromatic N) is 3. The SMILES string of the molecule is CN(Cc1ccccc1)c1ncc(C(=O)NC2CCCCCC2)cn1. The van der Waals surface area contributed by atoms with Crippen LogP contribution in [0.5, 0.6) is 0 Å². The van der Waals surface area contributed by atoms with Crippen LogP contribution in [0.25, 0.3) is 0 Å². The van der Waals surface area contributed by atoms with Crippen LogP contribution in [0, 0.1) is 0 Å². The molecule has 25 heavy (non-hydrogen) atoms. The standard InChI is InChI=1S/C20H26N4O/c1-24(15-16-9-5-4-6-10-16)20-21-13-17(14-22-20)19(25)23-18-11-7-2-3-8-12-18/h4-6,9-10,13-14,18H,2-3,7-8,11-12,15H2,1H3,(H,23,25). The van der Waals surface area contributed by atoms with Crippen molar-refractivity contribution in [1.82, 2.24) is 15.3 Å². The molecule has 1 aliphatic rings. The summed E-state index contributed by atoms with van der Waals surface area (Å²) in [6, 6.07) is 10.5. The van der Waals surface area contributed by atoms with Crippen molar-refractivity contribution in [3.63, 3.8) is 0 Å². The Hall–Kier alpha value is -2.43. The Bertz CT molecular complexity index is 664. The van der Waals surface area contributed by atoms with Gasteiger partial charge in [0, 0.05) is 32.0 Å². The van der Waals surface area contributed by atoms with E-state index in [2.05, 4.69) is 27.4 Å². The van der Waals surface area contributed by atoms with Gasteiger partial charge in [-0.1, -0.05) is 56.0 Å². The highest BCUT2D eigenvalue weighted by Gasteiger charge is 2.16. The molecular weight excluding hydrogens is 312 g/mol. The number of nitrogens with one attached hydrogen (secondary N) is 1. The lowest BCUT2D eigenvalue weighted by Crippen LogP contribution is -2.34. The molecule has 1 aliphatic carbocycles. The van der Waals surface area contributed by atoms with Crippen molar-refractivity contribution in [3.8, 4) is 0 Å². The second kappa shape index (κ2) is 8.60. The van der Waals surface area contributed by atoms with Crippen molar-refractivity contribution in [2.75, 3.05) is 11.9 Å². The van der Waals surface area contributed by atoms with Gasteiger partial charge in [0.25, 0.3) is 5.91 Å². The molecule has 1 aromatic heterocycles. The van der Waals surface area contributed by atoms with Crippen molar-refractivity contribution >= 4 is 11.9 Å². The van der Waals surface area contributed by atoms with Gasteiger partial charge in [-0.3, -0.25) is 4.79 Å². The van der Waals surface area contributed by atoms with Gasteiger partial charge in [0.15, 0.2) is 0 Å². The molecule has 132 valence electrons. The summed E-state index contributed by atoms with van der Waals surface area (Å²) in [5, 5.41) is 3.13. The number of hydrogen-bond donors (Lipinski definition) is 1. The van der Waals surface area contributed by atoms with Gasteiger partial charge in [0.05, 0.1) is 5.56 Å². The summed E-state index contributed by atoms with van der Waals surface area (Å²) in [6.07, 6.45) is 10.3. The molecule has 0 saturated heterocycles. The van der Waals surface area contributed by atoms with Crippen molar-refractivity contribution in [3.05, 3.63) is 53.9 Å². The summed E-state index contributed by atoms with van der Waals surface area (Å²) in [5.41, 5.74) is 1.73. The molecule has 1 heterocycles. The van der Waals surface area contributed by atoms with Crippen LogP contribution in [-0.4, -0.2) is 29.0 Å². The largest absolute Gasteiger partial charge is 0.349 e. The molecule has 0 unspecified atom stereocenters. The van der Waals surface area contributed by atoms with Crippen molar-refractivity contribution in [1.29, 1.82) is 0 Å². The number of amides is 1. The Kier molecular flexibility index (Phi) is 5.99. The average Bonchev–Trinajstić information content (AvgIpc) is 2.91. The number of benzene rings is 1. The highest BCUT2D eigenvalue weighted by atomic mass is 16.1. The van der Waals surface area contributed by atoms with E-state index in [1.54, 1.807) is 12.4 Å². The fraction of sp³-hybridized carbons (Fsp3) is 0.450. The minimum Gasteiger partial charge on any atom is -0.349 e. The van der Waals surface area contributed by atoms with Gasteiger partial charge in [-0.05, 0) is 18.4 Å². The van der Waals surface area contributed by atoms with Crippen molar-refractivity contribution in [2.45, 2.75) is 51.1 Å². The first-order chi connectivity index (χ1) is 12.2. The number of hydrogen-bond acceptors (Lipinski definition) is 4. The van der Waals surface area contributed by atoms with E-state index >= 15 is 0 Å². The van der Waals surface area contributed by atoms with Crippen LogP contribution in [0.2, 0.25) is 0 Å². The van der Waals surface area contributed by atoms with E-state index in [1.807, 2.05) is 30.1 Å². The zero-order valence-electron chi connectivity index (χ0n) is 14.8. The zero-order valence-corrected chi connectivity index (χ0v) is 14.8. The fourth-order valence-corrected chi connectivity index (χ4v) is 3.26. The van der Waals surface area contributed by atoms with Gasteiger partial charge in [0.2, 0.25) is 5.95 Å². The third-order valence-corrected chi connectivity index (χ3v) is 4.69. The predicted octanol–water partition coefficient (Wildman–Crippen LogP) is 3.57. The van der Waals surface area contributed by atoms with Gasteiger partial charge in [-0.15, -0.1) is 0 Å². The molecule has 3 rings (SSSR count). The van der Waals surface area contributed by atoms with Crippen LogP contribution >= 0.6 is 0 Å². The quantitative estimate of drug-likeness (QED) is 0.847. The highest BCUT2D eigenvalue weighted by molar-refractivity contribution is 5.93. The van der Waals surface area contributed by atoms with Gasteiger partial charge >= 0.3 is 0 Å². The molecule has 0 radical (unpaired) electrons. The first kappa shape index (κ1) is 17.4. The second-order valence-corrected chi connectivity index (χ2v) is 6.78. The van der Waals surface area contributed by atoms with Gasteiger partial charge in [-0.2, -0.15) is 0 Å². The molecule has 1 saturated carbocycles. The smallest absolute Gasteiger partial charge is 0.254 e. The molecule has 5 heteroatoms. The van der Waals surface area contributed by atoms with Crippen LogP contribution < -0.4 is 10.2 Å². The molecule has 0 atom stereocenters. The molecule has 1 N–H and O–H groups in total. The minimum atomic E-state index is -0.0656. The summed E-state index contributed by atoms with van der Waals surface area (Å²) in [6.45, 7) is 0.731. The molecule has 0 bridgehead atoms. The van der Waals surface area contributed by atoms with Gasteiger partial charge < -0.3 is 10.2 Å². The first-order valence-corrected chi connectivity index (χ1v) is 9.10. The summed E-state index contributed by atoms with van der Waals surface area (Å²) in [4.78, 5) is 23.1. The Morgan fingerprint density at radius 3 is 2.36 bits per heavy atom. The van der Waals surface area contributed by atoms with Crippen LogP contribution in [0.1, 0.15) is 54.4 Å². The Labute approximate surface area is 149 Å². The van der Waals surface area contributed by atoms with E-state index < -0.39 is 0 Å². The fourth-order valence-electron chi connectivity index (χ4n) is 3.26. The lowest BCUT2D eigenvalue weighted by Gasteiger charge is -2.18. The van der Waals surface area contributed by atoms with Crippen LogP contribution in [0.3, 0.4) is 0 Å². The van der Waals surface area contributed by atoms with Crippen LogP contribution in [0.4, 0.5) is 5.95 Å². The van der Waals surface area contributed by atoms with E-state index in [-0.39, 0.29) is 11.9 Å². The van der Waals surface area contributed by atoms with E-state index in [4.69, 9.17) is 0 Å². The molecule has 0 aliphatic heterocycles. The molecular formula is C20H26N4O. The van der Waals surface area contributed by atoms with Crippen molar-refractivity contribution < 1.29 is 4.79 Å². The van der Waals surface area contributed by atoms with Gasteiger partial charge in [-0.25, -0.2) is 9.97 Å². The van der Waals surface area contributed by atoms with Crippen LogP contribution in [0.15, 0.2) is 42.7 Å². The third-order valence-electron chi connectivity index (χ3n) is 4.69.